The molecular weight excluding hydrogens is 248 g/mol. The first-order valence-electron chi connectivity index (χ1n) is 7.93. The Labute approximate surface area is 122 Å². The Morgan fingerprint density at radius 2 is 2.05 bits per heavy atom. The molecule has 1 saturated heterocycles. The standard InChI is InChI=1S/C16H26N4/c1-16(2)8-3-10-20(11-9-16)15-7-6-14(18-19-15)12-17-13-4-5-13/h6-7,13,17H,3-5,8-12H2,1-2H3. The highest BCUT2D eigenvalue weighted by Gasteiger charge is 2.24. The Hall–Kier alpha value is -1.16. The Morgan fingerprint density at radius 1 is 1.20 bits per heavy atom. The molecule has 1 aromatic heterocycles. The predicted molar refractivity (Wildman–Crippen MR) is 81.7 cm³/mol. The van der Waals surface area contributed by atoms with Crippen LogP contribution in [0.25, 0.3) is 0 Å². The predicted octanol–water partition coefficient (Wildman–Crippen LogP) is 2.75. The van der Waals surface area contributed by atoms with Crippen molar-refractivity contribution in [2.75, 3.05) is 18.0 Å². The van der Waals surface area contributed by atoms with E-state index >= 15 is 0 Å². The Bertz CT molecular complexity index is 436. The zero-order valence-electron chi connectivity index (χ0n) is 12.7. The Kier molecular flexibility index (Phi) is 3.92. The fourth-order valence-corrected chi connectivity index (χ4v) is 2.80. The van der Waals surface area contributed by atoms with Gasteiger partial charge in [-0.2, -0.15) is 5.10 Å². The van der Waals surface area contributed by atoms with Gasteiger partial charge >= 0.3 is 0 Å². The van der Waals surface area contributed by atoms with E-state index in [1.807, 2.05) is 0 Å². The van der Waals surface area contributed by atoms with Gasteiger partial charge in [-0.25, -0.2) is 0 Å². The summed E-state index contributed by atoms with van der Waals surface area (Å²) < 4.78 is 0. The zero-order chi connectivity index (χ0) is 14.0. The van der Waals surface area contributed by atoms with Gasteiger partial charge in [-0.15, -0.1) is 5.10 Å². The van der Waals surface area contributed by atoms with Crippen molar-refractivity contribution < 1.29 is 0 Å². The molecule has 1 aromatic rings. The average Bonchev–Trinajstić information content (AvgIpc) is 3.25. The number of nitrogens with zero attached hydrogens (tertiary/aromatic N) is 3. The van der Waals surface area contributed by atoms with Crippen molar-refractivity contribution in [3.8, 4) is 0 Å². The van der Waals surface area contributed by atoms with E-state index in [9.17, 15) is 0 Å². The van der Waals surface area contributed by atoms with Gasteiger partial charge in [0.1, 0.15) is 0 Å². The molecule has 1 saturated carbocycles. The third-order valence-electron chi connectivity index (χ3n) is 4.52. The molecule has 1 N–H and O–H groups in total. The molecule has 20 heavy (non-hydrogen) atoms. The molecule has 4 heteroatoms. The van der Waals surface area contributed by atoms with Crippen LogP contribution in [-0.4, -0.2) is 29.3 Å². The third-order valence-corrected chi connectivity index (χ3v) is 4.52. The lowest BCUT2D eigenvalue weighted by Gasteiger charge is -2.23. The summed E-state index contributed by atoms with van der Waals surface area (Å²) in [5.41, 5.74) is 1.52. The average molecular weight is 274 g/mol. The summed E-state index contributed by atoms with van der Waals surface area (Å²) in [5.74, 6) is 1.04. The molecule has 2 aliphatic rings. The molecule has 0 atom stereocenters. The van der Waals surface area contributed by atoms with Crippen molar-refractivity contribution in [3.05, 3.63) is 17.8 Å². The van der Waals surface area contributed by atoms with E-state index in [-0.39, 0.29) is 0 Å². The second kappa shape index (κ2) is 5.68. The normalized spacial score (nSPS) is 22.6. The summed E-state index contributed by atoms with van der Waals surface area (Å²) in [6.07, 6.45) is 6.42. The number of hydrogen-bond acceptors (Lipinski definition) is 4. The molecule has 2 heterocycles. The van der Waals surface area contributed by atoms with E-state index in [4.69, 9.17) is 0 Å². The number of anilines is 1. The minimum atomic E-state index is 0.469. The van der Waals surface area contributed by atoms with Crippen LogP contribution in [0.1, 0.15) is 51.6 Å². The van der Waals surface area contributed by atoms with Crippen molar-refractivity contribution in [2.45, 2.75) is 58.5 Å². The van der Waals surface area contributed by atoms with Gasteiger partial charge in [0.25, 0.3) is 0 Å². The van der Waals surface area contributed by atoms with Crippen molar-refractivity contribution in [3.63, 3.8) is 0 Å². The molecule has 3 rings (SSSR count). The lowest BCUT2D eigenvalue weighted by Crippen LogP contribution is -2.26. The summed E-state index contributed by atoms with van der Waals surface area (Å²) in [6.45, 7) is 7.80. The molecule has 0 spiro atoms. The van der Waals surface area contributed by atoms with E-state index < -0.39 is 0 Å². The van der Waals surface area contributed by atoms with Crippen LogP contribution in [0.3, 0.4) is 0 Å². The molecule has 0 unspecified atom stereocenters. The second-order valence-electron chi connectivity index (χ2n) is 7.04. The van der Waals surface area contributed by atoms with Crippen LogP contribution in [0.2, 0.25) is 0 Å². The summed E-state index contributed by atoms with van der Waals surface area (Å²) in [7, 11) is 0. The first-order chi connectivity index (χ1) is 9.62. The van der Waals surface area contributed by atoms with Gasteiger partial charge in [0, 0.05) is 25.7 Å². The van der Waals surface area contributed by atoms with Gasteiger partial charge in [-0.05, 0) is 49.7 Å². The van der Waals surface area contributed by atoms with Crippen LogP contribution in [0.4, 0.5) is 5.82 Å². The highest BCUT2D eigenvalue weighted by atomic mass is 15.3. The van der Waals surface area contributed by atoms with E-state index in [1.54, 1.807) is 0 Å². The fourth-order valence-electron chi connectivity index (χ4n) is 2.80. The summed E-state index contributed by atoms with van der Waals surface area (Å²) >= 11 is 0. The summed E-state index contributed by atoms with van der Waals surface area (Å²) in [5, 5.41) is 12.3. The first kappa shape index (κ1) is 13.8. The zero-order valence-corrected chi connectivity index (χ0v) is 12.7. The van der Waals surface area contributed by atoms with Crippen molar-refractivity contribution in [2.24, 2.45) is 5.41 Å². The van der Waals surface area contributed by atoms with Crippen LogP contribution in [0.5, 0.6) is 0 Å². The number of nitrogens with one attached hydrogen (secondary N) is 1. The SMILES string of the molecule is CC1(C)CCCN(c2ccc(CNC3CC3)nn2)CC1. The fraction of sp³-hybridized carbons (Fsp3) is 0.750. The van der Waals surface area contributed by atoms with Crippen LogP contribution < -0.4 is 10.2 Å². The maximum Gasteiger partial charge on any atom is 0.151 e. The van der Waals surface area contributed by atoms with Crippen molar-refractivity contribution in [1.29, 1.82) is 0 Å². The molecular formula is C16H26N4. The maximum absolute atomic E-state index is 4.43. The third kappa shape index (κ3) is 3.69. The monoisotopic (exact) mass is 274 g/mol. The van der Waals surface area contributed by atoms with Gasteiger partial charge < -0.3 is 10.2 Å². The van der Waals surface area contributed by atoms with Crippen molar-refractivity contribution in [1.82, 2.24) is 15.5 Å². The highest BCUT2D eigenvalue weighted by Crippen LogP contribution is 2.31. The number of aromatic nitrogens is 2. The van der Waals surface area contributed by atoms with Crippen molar-refractivity contribution >= 4 is 5.82 Å². The smallest absolute Gasteiger partial charge is 0.151 e. The van der Waals surface area contributed by atoms with Crippen LogP contribution in [-0.2, 0) is 6.54 Å². The van der Waals surface area contributed by atoms with E-state index in [0.29, 0.717) is 5.41 Å². The molecule has 110 valence electrons. The first-order valence-corrected chi connectivity index (χ1v) is 7.93. The van der Waals surface area contributed by atoms with Crippen LogP contribution in [0.15, 0.2) is 12.1 Å². The minimum absolute atomic E-state index is 0.469. The van der Waals surface area contributed by atoms with E-state index in [2.05, 4.69) is 46.4 Å². The molecule has 1 aliphatic carbocycles. The molecule has 0 radical (unpaired) electrons. The summed E-state index contributed by atoms with van der Waals surface area (Å²) in [4.78, 5) is 2.39. The minimum Gasteiger partial charge on any atom is -0.355 e. The van der Waals surface area contributed by atoms with Gasteiger partial charge in [-0.1, -0.05) is 13.8 Å². The lowest BCUT2D eigenvalue weighted by molar-refractivity contribution is 0.325. The largest absolute Gasteiger partial charge is 0.355 e. The molecule has 0 aromatic carbocycles. The molecule has 0 bridgehead atoms. The van der Waals surface area contributed by atoms with Crippen LogP contribution >= 0.6 is 0 Å². The van der Waals surface area contributed by atoms with E-state index in [1.165, 1.54) is 32.1 Å². The Morgan fingerprint density at radius 3 is 2.75 bits per heavy atom. The highest BCUT2D eigenvalue weighted by molar-refractivity contribution is 5.37. The van der Waals surface area contributed by atoms with Gasteiger partial charge in [0.05, 0.1) is 5.69 Å². The molecule has 0 amide bonds. The summed E-state index contributed by atoms with van der Waals surface area (Å²) in [6, 6.07) is 4.98. The number of hydrogen-bond donors (Lipinski definition) is 1. The van der Waals surface area contributed by atoms with Gasteiger partial charge in [-0.3, -0.25) is 0 Å². The molecule has 1 aliphatic heterocycles. The molecule has 2 fully saturated rings. The maximum atomic E-state index is 4.43. The Balaban J connectivity index is 1.58. The second-order valence-corrected chi connectivity index (χ2v) is 7.04. The number of rotatable bonds is 4. The van der Waals surface area contributed by atoms with E-state index in [0.717, 1.165) is 37.2 Å². The van der Waals surface area contributed by atoms with Gasteiger partial charge in [0.2, 0.25) is 0 Å². The topological polar surface area (TPSA) is 41.0 Å². The van der Waals surface area contributed by atoms with Crippen LogP contribution in [0, 0.1) is 5.41 Å². The lowest BCUT2D eigenvalue weighted by atomic mass is 9.85. The molecule has 4 nitrogen and oxygen atoms in total. The quantitative estimate of drug-likeness (QED) is 0.916. The van der Waals surface area contributed by atoms with Gasteiger partial charge in [0.15, 0.2) is 5.82 Å².